The third-order valence-electron chi connectivity index (χ3n) is 13.7. The number of hydrogen-bond donors (Lipinski definition) is 12. The van der Waals surface area contributed by atoms with E-state index in [4.69, 9.17) is 22.3 Å². The number of hydrogen-bond acceptors (Lipinski definition) is 10. The van der Waals surface area contributed by atoms with E-state index in [-0.39, 0.29) is 108 Å². The molecule has 6 heterocycles. The van der Waals surface area contributed by atoms with Crippen molar-refractivity contribution in [3.8, 4) is 0 Å². The quantitative estimate of drug-likeness (QED) is 0.0284. The number of anilines is 6. The highest BCUT2D eigenvalue weighted by Crippen LogP contribution is 2.50. The van der Waals surface area contributed by atoms with Gasteiger partial charge in [-0.05, 0) is 60.6 Å². The van der Waals surface area contributed by atoms with Crippen molar-refractivity contribution < 1.29 is 38.4 Å². The number of fused-ring (bicyclic) bond motifs is 2. The molecule has 2 bridgehead atoms. The minimum absolute atomic E-state index is 0.0107. The van der Waals surface area contributed by atoms with Crippen LogP contribution in [0, 0.1) is 34.5 Å². The fourth-order valence-corrected chi connectivity index (χ4v) is 9.98. The van der Waals surface area contributed by atoms with Gasteiger partial charge in [-0.15, -0.1) is 0 Å². The SMILES string of the molecule is Cn1cc(NC(=O)c2cc(NC(=O)c3cc(NC(=O)C[C@@H]4C5C=CC(C5)[C@H]4C(=O)Nc4cc(C(=O)Nc5cc(C(=O)Nc6cc(C(=O)NCCC(=N)N)n(C)c6)n(C)c5)n(C)c4)cn3C)cn2C)cc1C(=O)NCCC(=N)N. The van der Waals surface area contributed by atoms with Gasteiger partial charge in [-0.3, -0.25) is 49.2 Å². The number of nitrogens with two attached hydrogens (primary N) is 2. The number of aryl methyl sites for hydroxylation is 6. The first-order valence-electron chi connectivity index (χ1n) is 24.8. The topological polar surface area (TPSA) is 362 Å². The second-order valence-corrected chi connectivity index (χ2v) is 19.6. The van der Waals surface area contributed by atoms with Crippen molar-refractivity contribution in [1.82, 2.24) is 38.0 Å². The second kappa shape index (κ2) is 22.5. The van der Waals surface area contributed by atoms with Gasteiger partial charge in [-0.25, -0.2) is 0 Å². The molecule has 26 heteroatoms. The summed E-state index contributed by atoms with van der Waals surface area (Å²) in [5.41, 5.74) is 14.4. The lowest BCUT2D eigenvalue weighted by molar-refractivity contribution is -0.123. The van der Waals surface area contributed by atoms with Crippen LogP contribution in [0.4, 0.5) is 34.1 Å². The lowest BCUT2D eigenvalue weighted by Crippen LogP contribution is -2.34. The summed E-state index contributed by atoms with van der Waals surface area (Å²) in [6.45, 7) is 0.380. The number of aromatic nitrogens is 6. The fourth-order valence-electron chi connectivity index (χ4n) is 9.98. The first-order chi connectivity index (χ1) is 37.0. The normalized spacial score (nSPS) is 16.1. The Kier molecular flexibility index (Phi) is 15.7. The molecule has 8 amide bonds. The lowest BCUT2D eigenvalue weighted by Gasteiger charge is -2.26. The van der Waals surface area contributed by atoms with Crippen LogP contribution in [0.5, 0.6) is 0 Å². The van der Waals surface area contributed by atoms with Gasteiger partial charge in [0, 0.05) is 118 Å². The zero-order valence-corrected chi connectivity index (χ0v) is 43.7. The standard InChI is InChI=1S/C52H62N18O8/c1-65-22-30(15-36(65)46(72)57-11-9-42(53)54)60-49(75)39-17-32(24-68(39)4)62-48(74)38-14-29(21-67(38)3)59-44(71)20-35-27-7-8-28(13-27)45(35)52(78)64-34-19-41(70(6)26-34)51(77)63-33-18-40(69(5)25-33)50(76)61-31-16-37(66(2)23-31)47(73)58-12-10-43(55)56/h7-8,14-19,21-28,35,45H,9-13,20H2,1-6H3,(H3,53,54)(H3,55,56)(H,57,72)(H,58,73)(H,59,71)(H,60,75)(H,61,76)(H,62,74)(H,63,77)(H,64,78)/t27?,28?,35-,45-/m1/s1. The van der Waals surface area contributed by atoms with Gasteiger partial charge in [-0.2, -0.15) is 0 Å². The van der Waals surface area contributed by atoms with E-state index in [0.717, 1.165) is 0 Å². The zero-order valence-electron chi connectivity index (χ0n) is 43.7. The maximum absolute atomic E-state index is 14.0. The number of allylic oxidation sites excluding steroid dienone is 2. The Morgan fingerprint density at radius 1 is 0.449 bits per heavy atom. The number of nitrogens with one attached hydrogen (secondary N) is 10. The molecule has 26 nitrogen and oxygen atoms in total. The number of carbonyl (C=O) groups is 8. The summed E-state index contributed by atoms with van der Waals surface area (Å²) in [4.78, 5) is 107. The summed E-state index contributed by atoms with van der Waals surface area (Å²) >= 11 is 0. The molecule has 1 saturated carbocycles. The molecule has 2 aliphatic carbocycles. The Morgan fingerprint density at radius 2 is 0.744 bits per heavy atom. The number of rotatable bonds is 21. The minimum atomic E-state index is -0.537. The molecule has 0 spiro atoms. The molecule has 14 N–H and O–H groups in total. The summed E-state index contributed by atoms with van der Waals surface area (Å²) in [6, 6.07) is 9.12. The predicted molar refractivity (Wildman–Crippen MR) is 292 cm³/mol. The molecule has 78 heavy (non-hydrogen) atoms. The van der Waals surface area contributed by atoms with Crippen molar-refractivity contribution in [3.63, 3.8) is 0 Å². The highest BCUT2D eigenvalue weighted by Gasteiger charge is 2.48. The van der Waals surface area contributed by atoms with Gasteiger partial charge in [-0.1, -0.05) is 12.2 Å². The fraction of sp³-hybridized carbons (Fsp3) is 0.308. The van der Waals surface area contributed by atoms with Crippen LogP contribution in [0.1, 0.15) is 88.6 Å². The number of amidine groups is 2. The van der Waals surface area contributed by atoms with Gasteiger partial charge in [0.1, 0.15) is 34.2 Å². The van der Waals surface area contributed by atoms with E-state index in [1.54, 1.807) is 113 Å². The van der Waals surface area contributed by atoms with Crippen molar-refractivity contribution >= 4 is 93.1 Å². The summed E-state index contributed by atoms with van der Waals surface area (Å²) in [5, 5.41) is 37.0. The van der Waals surface area contributed by atoms with Crippen LogP contribution in [0.25, 0.3) is 0 Å². The van der Waals surface area contributed by atoms with Crippen LogP contribution in [0.2, 0.25) is 0 Å². The van der Waals surface area contributed by atoms with Crippen molar-refractivity contribution in [1.29, 1.82) is 10.8 Å². The van der Waals surface area contributed by atoms with Crippen LogP contribution in [0.15, 0.2) is 85.7 Å². The molecule has 8 rings (SSSR count). The van der Waals surface area contributed by atoms with Gasteiger partial charge >= 0.3 is 0 Å². The molecule has 6 aromatic rings. The second-order valence-electron chi connectivity index (χ2n) is 19.6. The Hall–Kier alpha value is -9.88. The molecule has 4 atom stereocenters. The van der Waals surface area contributed by atoms with Gasteiger partial charge in [0.2, 0.25) is 11.8 Å². The summed E-state index contributed by atoms with van der Waals surface area (Å²) in [6.07, 6.45) is 14.7. The van der Waals surface area contributed by atoms with Crippen molar-refractivity contribution in [2.45, 2.75) is 25.7 Å². The van der Waals surface area contributed by atoms with E-state index in [9.17, 15) is 38.4 Å². The highest BCUT2D eigenvalue weighted by atomic mass is 16.2. The molecule has 0 saturated heterocycles. The van der Waals surface area contributed by atoms with Gasteiger partial charge in [0.25, 0.3) is 35.4 Å². The summed E-state index contributed by atoms with van der Waals surface area (Å²) < 4.78 is 9.32. The monoisotopic (exact) mass is 1070 g/mol. The molecular formula is C52H62N18O8. The predicted octanol–water partition coefficient (Wildman–Crippen LogP) is 3.24. The van der Waals surface area contributed by atoms with Gasteiger partial charge < -0.3 is 81.4 Å². The van der Waals surface area contributed by atoms with Crippen molar-refractivity contribution in [2.75, 3.05) is 45.0 Å². The Balaban J connectivity index is 0.831. The van der Waals surface area contributed by atoms with E-state index in [1.165, 1.54) is 30.3 Å². The number of carbonyl (C=O) groups excluding carboxylic acids is 8. The van der Waals surface area contributed by atoms with Crippen LogP contribution in [-0.2, 0) is 51.9 Å². The van der Waals surface area contributed by atoms with Crippen molar-refractivity contribution in [3.05, 3.63) is 120 Å². The Bertz CT molecular complexity index is 3450. The van der Waals surface area contributed by atoms with Gasteiger partial charge in [0.05, 0.1) is 45.8 Å². The zero-order chi connectivity index (χ0) is 56.3. The lowest BCUT2D eigenvalue weighted by atomic mass is 9.80. The maximum Gasteiger partial charge on any atom is 0.272 e. The third-order valence-corrected chi connectivity index (χ3v) is 13.7. The molecule has 0 aromatic carbocycles. The molecular weight excluding hydrogens is 1000 g/mol. The first-order valence-corrected chi connectivity index (χ1v) is 24.8. The first kappa shape index (κ1) is 54.4. The van der Waals surface area contributed by atoms with Crippen molar-refractivity contribution in [2.24, 2.45) is 77.4 Å². The van der Waals surface area contributed by atoms with Crippen LogP contribution in [-0.4, -0.2) is 99.4 Å². The smallest absolute Gasteiger partial charge is 0.272 e. The molecule has 2 aliphatic rings. The number of amides is 8. The Morgan fingerprint density at radius 3 is 1.08 bits per heavy atom. The molecule has 6 aromatic heterocycles. The molecule has 0 aliphatic heterocycles. The third kappa shape index (κ3) is 12.3. The van der Waals surface area contributed by atoms with E-state index in [0.29, 0.717) is 40.5 Å². The van der Waals surface area contributed by atoms with E-state index in [2.05, 4.69) is 42.5 Å². The van der Waals surface area contributed by atoms with E-state index in [1.807, 2.05) is 12.2 Å². The minimum Gasteiger partial charge on any atom is -0.388 e. The number of nitrogens with zero attached hydrogens (tertiary/aromatic N) is 6. The summed E-state index contributed by atoms with van der Waals surface area (Å²) in [5.74, 6) is -4.48. The average Bonchev–Trinajstić information content (AvgIpc) is 4.35. The highest BCUT2D eigenvalue weighted by molar-refractivity contribution is 6.09. The largest absolute Gasteiger partial charge is 0.388 e. The maximum atomic E-state index is 14.0. The van der Waals surface area contributed by atoms with Crippen LogP contribution in [0.3, 0.4) is 0 Å². The Labute approximate surface area is 446 Å². The average molecular weight is 1070 g/mol. The molecule has 408 valence electrons. The summed E-state index contributed by atoms with van der Waals surface area (Å²) in [7, 11) is 9.91. The van der Waals surface area contributed by atoms with Gasteiger partial charge in [0.15, 0.2) is 0 Å². The van der Waals surface area contributed by atoms with E-state index >= 15 is 0 Å². The van der Waals surface area contributed by atoms with Crippen LogP contribution >= 0.6 is 0 Å². The molecule has 1 fully saturated rings. The van der Waals surface area contributed by atoms with E-state index < -0.39 is 41.4 Å². The van der Waals surface area contributed by atoms with Crippen LogP contribution < -0.4 is 54.0 Å². The molecule has 0 radical (unpaired) electrons. The molecule has 2 unspecified atom stereocenters.